The van der Waals surface area contributed by atoms with Crippen molar-refractivity contribution >= 4 is 20.9 Å². The van der Waals surface area contributed by atoms with Gasteiger partial charge in [-0.1, -0.05) is 31.9 Å². The Labute approximate surface area is 208 Å². The van der Waals surface area contributed by atoms with E-state index in [0.29, 0.717) is 23.0 Å². The van der Waals surface area contributed by atoms with Gasteiger partial charge in [0.2, 0.25) is 10.0 Å². The molecule has 3 aromatic carbocycles. The Morgan fingerprint density at radius 3 is 2.17 bits per heavy atom. The molecular formula is C27H27F2N3O3S. The molecule has 4 aromatic rings. The molecule has 36 heavy (non-hydrogen) atoms. The summed E-state index contributed by atoms with van der Waals surface area (Å²) in [4.78, 5) is 18.3. The van der Waals surface area contributed by atoms with Crippen LogP contribution in [0.1, 0.15) is 45.0 Å². The monoisotopic (exact) mass is 511 g/mol. The first-order valence-electron chi connectivity index (χ1n) is 11.8. The third-order valence-corrected chi connectivity index (χ3v) is 8.08. The zero-order valence-corrected chi connectivity index (χ0v) is 20.9. The summed E-state index contributed by atoms with van der Waals surface area (Å²) >= 11 is 0. The van der Waals surface area contributed by atoms with Gasteiger partial charge in [-0.3, -0.25) is 9.36 Å². The molecule has 1 atom stereocenters. The lowest BCUT2D eigenvalue weighted by Crippen LogP contribution is -2.38. The Morgan fingerprint density at radius 1 is 0.917 bits per heavy atom. The summed E-state index contributed by atoms with van der Waals surface area (Å²) < 4.78 is 57.3. The van der Waals surface area contributed by atoms with E-state index in [-0.39, 0.29) is 22.8 Å². The van der Waals surface area contributed by atoms with Crippen molar-refractivity contribution in [3.63, 3.8) is 0 Å². The van der Waals surface area contributed by atoms with Gasteiger partial charge >= 0.3 is 0 Å². The average molecular weight is 512 g/mol. The van der Waals surface area contributed by atoms with Gasteiger partial charge < -0.3 is 0 Å². The molecule has 0 aliphatic carbocycles. The number of rotatable bonds is 9. The van der Waals surface area contributed by atoms with Crippen molar-refractivity contribution < 1.29 is 17.2 Å². The van der Waals surface area contributed by atoms with Crippen LogP contribution in [0.3, 0.4) is 0 Å². The van der Waals surface area contributed by atoms with Gasteiger partial charge in [-0.05, 0) is 74.0 Å². The van der Waals surface area contributed by atoms with Crippen molar-refractivity contribution in [2.75, 3.05) is 6.54 Å². The molecule has 0 saturated carbocycles. The zero-order valence-electron chi connectivity index (χ0n) is 20.1. The summed E-state index contributed by atoms with van der Waals surface area (Å²) in [5.41, 5.74) is 0.409. The molecule has 0 aliphatic rings. The number of unbranched alkanes of at least 4 members (excludes halogenated alkanes) is 2. The molecule has 1 unspecified atom stereocenters. The maximum Gasteiger partial charge on any atom is 0.266 e. The van der Waals surface area contributed by atoms with E-state index in [4.69, 9.17) is 4.98 Å². The molecule has 6 nitrogen and oxygen atoms in total. The van der Waals surface area contributed by atoms with E-state index in [0.717, 1.165) is 25.0 Å². The lowest BCUT2D eigenvalue weighted by Gasteiger charge is -2.30. The second kappa shape index (κ2) is 10.7. The third-order valence-electron chi connectivity index (χ3n) is 6.09. The quantitative estimate of drug-likeness (QED) is 0.274. The number of nitrogens with zero attached hydrogens (tertiary/aromatic N) is 3. The average Bonchev–Trinajstić information content (AvgIpc) is 2.87. The predicted molar refractivity (Wildman–Crippen MR) is 136 cm³/mol. The molecule has 188 valence electrons. The van der Waals surface area contributed by atoms with Gasteiger partial charge in [0.15, 0.2) is 0 Å². The second-order valence-electron chi connectivity index (χ2n) is 8.56. The molecule has 0 fully saturated rings. The lowest BCUT2D eigenvalue weighted by molar-refractivity contribution is 0.320. The molecule has 0 N–H and O–H groups in total. The van der Waals surface area contributed by atoms with Crippen LogP contribution in [0.4, 0.5) is 8.78 Å². The van der Waals surface area contributed by atoms with Gasteiger partial charge in [0.1, 0.15) is 17.5 Å². The fraction of sp³-hybridized carbons (Fsp3) is 0.259. The number of benzene rings is 3. The van der Waals surface area contributed by atoms with Gasteiger partial charge in [-0.25, -0.2) is 22.2 Å². The van der Waals surface area contributed by atoms with E-state index in [1.165, 1.54) is 45.3 Å². The number of fused-ring (bicyclic) bond motifs is 1. The van der Waals surface area contributed by atoms with Crippen LogP contribution in [0.2, 0.25) is 0 Å². The summed E-state index contributed by atoms with van der Waals surface area (Å²) in [6.45, 7) is 3.86. The van der Waals surface area contributed by atoms with E-state index in [1.54, 1.807) is 31.2 Å². The topological polar surface area (TPSA) is 72.3 Å². The van der Waals surface area contributed by atoms with Crippen LogP contribution in [-0.4, -0.2) is 28.8 Å². The molecular weight excluding hydrogens is 484 g/mol. The summed E-state index contributed by atoms with van der Waals surface area (Å²) in [5, 5.41) is 0.358. The maximum absolute atomic E-state index is 13.7. The van der Waals surface area contributed by atoms with Crippen molar-refractivity contribution in [3.05, 3.63) is 101 Å². The molecule has 1 heterocycles. The van der Waals surface area contributed by atoms with Crippen LogP contribution in [0.5, 0.6) is 0 Å². The first kappa shape index (κ1) is 25.7. The zero-order chi connectivity index (χ0) is 25.9. The fourth-order valence-electron chi connectivity index (χ4n) is 4.18. The molecule has 9 heteroatoms. The van der Waals surface area contributed by atoms with Crippen LogP contribution >= 0.6 is 0 Å². The fourth-order valence-corrected chi connectivity index (χ4v) is 5.81. The maximum atomic E-state index is 13.7. The van der Waals surface area contributed by atoms with E-state index in [9.17, 15) is 22.0 Å². The SMILES string of the molecule is CCCCCN(C(C)c1nc2ccccc2c(=O)n1-c1ccc(F)cc1)S(=O)(=O)c1ccc(F)cc1. The van der Waals surface area contributed by atoms with E-state index in [1.807, 2.05) is 6.92 Å². The van der Waals surface area contributed by atoms with Crippen LogP contribution in [-0.2, 0) is 10.0 Å². The van der Waals surface area contributed by atoms with E-state index in [2.05, 4.69) is 0 Å². The highest BCUT2D eigenvalue weighted by Gasteiger charge is 2.33. The third kappa shape index (κ3) is 5.08. The van der Waals surface area contributed by atoms with Crippen molar-refractivity contribution in [2.24, 2.45) is 0 Å². The number of hydrogen-bond acceptors (Lipinski definition) is 4. The number of sulfonamides is 1. The van der Waals surface area contributed by atoms with Gasteiger partial charge in [-0.15, -0.1) is 0 Å². The number of para-hydroxylation sites is 1. The first-order valence-corrected chi connectivity index (χ1v) is 13.2. The second-order valence-corrected chi connectivity index (χ2v) is 10.4. The van der Waals surface area contributed by atoms with Crippen molar-refractivity contribution in [3.8, 4) is 5.69 Å². The molecule has 1 aromatic heterocycles. The smallest absolute Gasteiger partial charge is 0.266 e. The minimum Gasteiger partial charge on any atom is -0.268 e. The van der Waals surface area contributed by atoms with Gasteiger partial charge in [0.25, 0.3) is 5.56 Å². The Balaban J connectivity index is 1.92. The van der Waals surface area contributed by atoms with Crippen molar-refractivity contribution in [1.82, 2.24) is 13.9 Å². The van der Waals surface area contributed by atoms with Gasteiger partial charge in [0.05, 0.1) is 27.5 Å². The van der Waals surface area contributed by atoms with Gasteiger partial charge in [0, 0.05) is 6.54 Å². The number of aromatic nitrogens is 2. The van der Waals surface area contributed by atoms with Crippen LogP contribution in [0, 0.1) is 11.6 Å². The highest BCUT2D eigenvalue weighted by Crippen LogP contribution is 2.29. The van der Waals surface area contributed by atoms with E-state index >= 15 is 0 Å². The molecule has 0 bridgehead atoms. The summed E-state index contributed by atoms with van der Waals surface area (Å²) in [6, 6.07) is 16.0. The molecule has 0 saturated heterocycles. The Bertz CT molecular complexity index is 1520. The minimum atomic E-state index is -4.07. The summed E-state index contributed by atoms with van der Waals surface area (Å²) in [5.74, 6) is -0.802. The van der Waals surface area contributed by atoms with Crippen molar-refractivity contribution in [2.45, 2.75) is 44.0 Å². The Hall–Kier alpha value is -3.43. The number of halogens is 2. The van der Waals surface area contributed by atoms with Gasteiger partial charge in [-0.2, -0.15) is 4.31 Å². The number of hydrogen-bond donors (Lipinski definition) is 0. The lowest BCUT2D eigenvalue weighted by atomic mass is 10.2. The highest BCUT2D eigenvalue weighted by molar-refractivity contribution is 7.89. The van der Waals surface area contributed by atoms with Crippen molar-refractivity contribution in [1.29, 1.82) is 0 Å². The molecule has 4 rings (SSSR count). The van der Waals surface area contributed by atoms with Crippen LogP contribution in [0.25, 0.3) is 16.6 Å². The Kier molecular flexibility index (Phi) is 7.61. The minimum absolute atomic E-state index is 0.0521. The summed E-state index contributed by atoms with van der Waals surface area (Å²) in [6.07, 6.45) is 2.28. The largest absolute Gasteiger partial charge is 0.268 e. The molecule has 0 amide bonds. The molecule has 0 spiro atoms. The van der Waals surface area contributed by atoms with E-state index < -0.39 is 27.7 Å². The summed E-state index contributed by atoms with van der Waals surface area (Å²) in [7, 11) is -4.07. The Morgan fingerprint density at radius 2 is 1.53 bits per heavy atom. The molecule has 0 aliphatic heterocycles. The standard InChI is InChI=1S/C27H27F2N3O3S/c1-3-4-7-18-31(36(34,35)23-16-12-21(29)13-17-23)19(2)26-30-25-9-6-5-8-24(25)27(33)32(26)22-14-10-20(28)11-15-22/h5-6,8-17,19H,3-4,7,18H2,1-2H3. The first-order chi connectivity index (χ1) is 17.2. The predicted octanol–water partition coefficient (Wildman–Crippen LogP) is 5.61. The molecule has 0 radical (unpaired) electrons. The normalized spacial score (nSPS) is 12.8. The highest BCUT2D eigenvalue weighted by atomic mass is 32.2. The van der Waals surface area contributed by atoms with Crippen LogP contribution in [0.15, 0.2) is 82.5 Å². The van der Waals surface area contributed by atoms with Crippen LogP contribution < -0.4 is 5.56 Å².